The lowest BCUT2D eigenvalue weighted by Gasteiger charge is -2.50. The van der Waals surface area contributed by atoms with E-state index in [0.29, 0.717) is 38.9 Å². The van der Waals surface area contributed by atoms with Crippen molar-refractivity contribution < 1.29 is 50.6 Å². The number of hydrogen-bond donors (Lipinski definition) is 1. The molecule has 9 rings (SSSR count). The molecule has 7 nitrogen and oxygen atoms in total. The molecule has 5 aromatic carbocycles. The second-order valence-corrected chi connectivity index (χ2v) is 15.5. The molecular weight excluding hydrogens is 786 g/mol. The van der Waals surface area contributed by atoms with Gasteiger partial charge in [-0.15, -0.1) is 0 Å². The van der Waals surface area contributed by atoms with E-state index in [1.54, 1.807) is 91.0 Å². The first-order valence-corrected chi connectivity index (χ1v) is 18.7. The number of benzene rings is 5. The second-order valence-electron chi connectivity index (χ2n) is 15.1. The van der Waals surface area contributed by atoms with Crippen molar-refractivity contribution in [2.75, 3.05) is 9.80 Å². The van der Waals surface area contributed by atoms with Gasteiger partial charge >= 0.3 is 12.4 Å². The first-order chi connectivity index (χ1) is 27.5. The Labute approximate surface area is 331 Å². The molecule has 294 valence electrons. The molecule has 6 atom stereocenters. The highest BCUT2D eigenvalue weighted by molar-refractivity contribution is 6.32. The van der Waals surface area contributed by atoms with Gasteiger partial charge in [0.1, 0.15) is 5.75 Å². The Morgan fingerprint density at radius 3 is 2.02 bits per heavy atom. The molecule has 2 aliphatic carbocycles. The van der Waals surface area contributed by atoms with Crippen molar-refractivity contribution >= 4 is 57.4 Å². The minimum atomic E-state index is -5.24. The van der Waals surface area contributed by atoms with Crippen molar-refractivity contribution in [3.05, 3.63) is 148 Å². The summed E-state index contributed by atoms with van der Waals surface area (Å²) in [5.41, 5.74) is -4.73. The van der Waals surface area contributed by atoms with Crippen molar-refractivity contribution in [2.24, 2.45) is 23.7 Å². The average Bonchev–Trinajstić information content (AvgIpc) is 3.58. The van der Waals surface area contributed by atoms with Gasteiger partial charge in [-0.05, 0) is 66.1 Å². The van der Waals surface area contributed by atoms with Crippen molar-refractivity contribution in [1.82, 2.24) is 0 Å². The predicted octanol–water partition coefficient (Wildman–Crippen LogP) is 9.60. The van der Waals surface area contributed by atoms with Gasteiger partial charge in [-0.3, -0.25) is 19.2 Å². The van der Waals surface area contributed by atoms with Crippen LogP contribution in [0.3, 0.4) is 0 Å². The summed E-state index contributed by atoms with van der Waals surface area (Å²) in [4.78, 5) is 60.6. The Bertz CT molecular complexity index is 2590. The number of aromatic hydroxyl groups is 1. The fraction of sp³-hybridized carbons (Fsp3) is 0.227. The molecule has 4 aliphatic rings. The SMILES string of the molecule is O=C1C2CC=C3C(CC4C(=O)N(c5cccc(Cl)c5)C(=O)C4(c4ccccc4)C3c3ccc4ccccc4c3O)C2C(=O)N1c1cc(C(F)(F)F)cc(C(F)(F)F)c1. The van der Waals surface area contributed by atoms with E-state index >= 15 is 4.79 Å². The van der Waals surface area contributed by atoms with Crippen molar-refractivity contribution in [1.29, 1.82) is 0 Å². The van der Waals surface area contributed by atoms with E-state index < -0.39 is 87.8 Å². The van der Waals surface area contributed by atoms with Crippen molar-refractivity contribution in [2.45, 2.75) is 36.5 Å². The molecule has 2 heterocycles. The number of fused-ring (bicyclic) bond motifs is 5. The maximum Gasteiger partial charge on any atom is 0.416 e. The molecule has 58 heavy (non-hydrogen) atoms. The number of allylic oxidation sites excluding steroid dienone is 2. The fourth-order valence-electron chi connectivity index (χ4n) is 9.92. The number of carbonyl (C=O) groups is 4. The van der Waals surface area contributed by atoms with Gasteiger partial charge in [0.05, 0.1) is 45.7 Å². The van der Waals surface area contributed by atoms with E-state index in [4.69, 9.17) is 11.6 Å². The summed E-state index contributed by atoms with van der Waals surface area (Å²) in [5, 5.41) is 13.5. The zero-order valence-corrected chi connectivity index (χ0v) is 30.6. The molecule has 2 aliphatic heterocycles. The van der Waals surface area contributed by atoms with Gasteiger partial charge in [0.2, 0.25) is 23.6 Å². The predicted molar refractivity (Wildman–Crippen MR) is 201 cm³/mol. The molecular formula is C44H29ClF6N2O5. The largest absolute Gasteiger partial charge is 0.507 e. The lowest BCUT2D eigenvalue weighted by molar-refractivity contribution is -0.143. The molecule has 0 spiro atoms. The van der Waals surface area contributed by atoms with Crippen LogP contribution in [0.25, 0.3) is 10.8 Å². The summed E-state index contributed by atoms with van der Waals surface area (Å²) < 4.78 is 83.8. The van der Waals surface area contributed by atoms with Crippen LogP contribution in [-0.2, 0) is 36.9 Å². The quantitative estimate of drug-likeness (QED) is 0.111. The van der Waals surface area contributed by atoms with Crippen LogP contribution in [0.5, 0.6) is 5.75 Å². The summed E-state index contributed by atoms with van der Waals surface area (Å²) in [6.07, 6.45) is -9.17. The van der Waals surface area contributed by atoms with Crippen LogP contribution in [0.4, 0.5) is 37.7 Å². The Morgan fingerprint density at radius 2 is 1.34 bits per heavy atom. The fourth-order valence-corrected chi connectivity index (χ4v) is 10.1. The highest BCUT2D eigenvalue weighted by atomic mass is 35.5. The van der Waals surface area contributed by atoms with E-state index in [1.807, 2.05) is 0 Å². The number of imide groups is 2. The van der Waals surface area contributed by atoms with Gasteiger partial charge in [0.15, 0.2) is 0 Å². The van der Waals surface area contributed by atoms with Gasteiger partial charge in [-0.1, -0.05) is 96.0 Å². The lowest BCUT2D eigenvalue weighted by Crippen LogP contribution is -2.53. The minimum Gasteiger partial charge on any atom is -0.507 e. The van der Waals surface area contributed by atoms with Crippen molar-refractivity contribution in [3.8, 4) is 5.75 Å². The Kier molecular flexibility index (Phi) is 8.45. The highest BCUT2D eigenvalue weighted by Gasteiger charge is 2.70. The van der Waals surface area contributed by atoms with Gasteiger partial charge in [0, 0.05) is 21.9 Å². The lowest BCUT2D eigenvalue weighted by atomic mass is 9.49. The number of nitrogens with zero attached hydrogens (tertiary/aromatic N) is 2. The number of phenols is 1. The number of rotatable bonds is 4. The van der Waals surface area contributed by atoms with Crippen LogP contribution < -0.4 is 9.80 Å². The number of hydrogen-bond acceptors (Lipinski definition) is 5. The third-order valence-electron chi connectivity index (χ3n) is 12.2. The zero-order chi connectivity index (χ0) is 41.1. The first-order valence-electron chi connectivity index (χ1n) is 18.3. The smallest absolute Gasteiger partial charge is 0.416 e. The Morgan fingerprint density at radius 1 is 0.672 bits per heavy atom. The van der Waals surface area contributed by atoms with Gasteiger partial charge < -0.3 is 5.11 Å². The molecule has 4 amide bonds. The van der Waals surface area contributed by atoms with E-state index in [0.717, 1.165) is 4.90 Å². The van der Waals surface area contributed by atoms with Gasteiger partial charge in [-0.25, -0.2) is 9.80 Å². The van der Waals surface area contributed by atoms with E-state index in [2.05, 4.69) is 0 Å². The third kappa shape index (κ3) is 5.42. The Hall–Kier alpha value is -5.95. The molecule has 5 aromatic rings. The molecule has 0 bridgehead atoms. The van der Waals surface area contributed by atoms with Crippen LogP contribution in [-0.4, -0.2) is 28.7 Å². The molecule has 1 saturated carbocycles. The third-order valence-corrected chi connectivity index (χ3v) is 12.5. The van der Waals surface area contributed by atoms with Crippen LogP contribution >= 0.6 is 11.6 Å². The second kappa shape index (κ2) is 13.0. The average molecular weight is 815 g/mol. The summed E-state index contributed by atoms with van der Waals surface area (Å²) in [7, 11) is 0. The number of alkyl halides is 6. The van der Waals surface area contributed by atoms with Gasteiger partial charge in [-0.2, -0.15) is 26.3 Å². The number of phenolic OH excluding ortho intramolecular Hbond substituents is 1. The van der Waals surface area contributed by atoms with E-state index in [-0.39, 0.29) is 40.9 Å². The highest BCUT2D eigenvalue weighted by Crippen LogP contribution is 2.65. The van der Waals surface area contributed by atoms with Crippen LogP contribution in [0.1, 0.15) is 41.0 Å². The maximum absolute atomic E-state index is 15.5. The first kappa shape index (κ1) is 37.6. The Balaban J connectivity index is 1.26. The van der Waals surface area contributed by atoms with Crippen LogP contribution in [0, 0.1) is 23.7 Å². The number of amides is 4. The molecule has 6 unspecified atom stereocenters. The molecule has 0 aromatic heterocycles. The van der Waals surface area contributed by atoms with E-state index in [9.17, 15) is 45.8 Å². The zero-order valence-electron chi connectivity index (χ0n) is 29.9. The maximum atomic E-state index is 15.5. The monoisotopic (exact) mass is 814 g/mol. The standard InChI is InChI=1S/C44H29ClF6N2O5/c45-26-10-6-11-27(20-26)53-39(56)34-21-33-30(15-16-31-35(33)40(57)52(38(31)55)28-18-24(43(46,47)48)17-25(19-28)44(49,50)51)36(42(34,41(53)58)23-8-2-1-3-9-23)32-14-13-22-7-4-5-12-29(22)37(32)54/h1-15,17-20,31,33-36,54H,16,21H2. The molecule has 1 N–H and O–H groups in total. The number of carbonyl (C=O) groups excluding carboxylic acids is 4. The summed E-state index contributed by atoms with van der Waals surface area (Å²) in [6.45, 7) is 0. The normalized spacial score (nSPS) is 25.8. The van der Waals surface area contributed by atoms with E-state index in [1.165, 1.54) is 6.07 Å². The van der Waals surface area contributed by atoms with Crippen LogP contribution in [0.2, 0.25) is 5.02 Å². The van der Waals surface area contributed by atoms with Crippen LogP contribution in [0.15, 0.2) is 121 Å². The van der Waals surface area contributed by atoms with Gasteiger partial charge in [0.25, 0.3) is 0 Å². The number of halogens is 7. The van der Waals surface area contributed by atoms with Crippen molar-refractivity contribution in [3.63, 3.8) is 0 Å². The number of anilines is 2. The summed E-state index contributed by atoms with van der Waals surface area (Å²) in [5.74, 6) is -9.43. The molecule has 0 radical (unpaired) electrons. The summed E-state index contributed by atoms with van der Waals surface area (Å²) >= 11 is 6.36. The molecule has 3 fully saturated rings. The minimum absolute atomic E-state index is 0.0828. The molecule has 14 heteroatoms. The molecule has 2 saturated heterocycles. The summed E-state index contributed by atoms with van der Waals surface area (Å²) in [6, 6.07) is 25.7. The topological polar surface area (TPSA) is 95.0 Å².